The zero-order valence-electron chi connectivity index (χ0n) is 13.3. The Morgan fingerprint density at radius 1 is 1.08 bits per heavy atom. The van der Waals surface area contributed by atoms with Crippen LogP contribution in [0.25, 0.3) is 11.4 Å². The Morgan fingerprint density at radius 2 is 1.83 bits per heavy atom. The molecule has 0 radical (unpaired) electrons. The van der Waals surface area contributed by atoms with Crippen LogP contribution in [0.4, 0.5) is 0 Å². The summed E-state index contributed by atoms with van der Waals surface area (Å²) < 4.78 is 1.93. The fraction of sp³-hybridized carbons (Fsp3) is 0.222. The van der Waals surface area contributed by atoms with Crippen molar-refractivity contribution >= 4 is 5.91 Å². The number of rotatable bonds is 3. The van der Waals surface area contributed by atoms with Crippen LogP contribution in [0.1, 0.15) is 24.4 Å². The molecule has 1 aliphatic heterocycles. The average Bonchev–Trinajstić information content (AvgIpc) is 3.05. The molecule has 0 bridgehead atoms. The molecule has 0 fully saturated rings. The molecule has 4 rings (SSSR count). The topological polar surface area (TPSA) is 63.9 Å². The van der Waals surface area contributed by atoms with Crippen LogP contribution in [0.15, 0.2) is 54.9 Å². The van der Waals surface area contributed by atoms with E-state index in [-0.39, 0.29) is 11.9 Å². The van der Waals surface area contributed by atoms with Crippen LogP contribution in [0.3, 0.4) is 0 Å². The highest BCUT2D eigenvalue weighted by atomic mass is 16.2. The van der Waals surface area contributed by atoms with Crippen LogP contribution in [0.5, 0.6) is 0 Å². The van der Waals surface area contributed by atoms with Gasteiger partial charge in [-0.2, -0.15) is 0 Å². The molecule has 0 spiro atoms. The lowest BCUT2D eigenvalue weighted by Crippen LogP contribution is -2.41. The molecule has 0 N–H and O–H groups in total. The van der Waals surface area contributed by atoms with Gasteiger partial charge < -0.3 is 4.90 Å². The Hall–Kier alpha value is -3.02. The van der Waals surface area contributed by atoms with Crippen molar-refractivity contribution in [1.82, 2.24) is 24.6 Å². The van der Waals surface area contributed by atoms with E-state index in [1.165, 1.54) is 0 Å². The van der Waals surface area contributed by atoms with Crippen LogP contribution >= 0.6 is 0 Å². The highest BCUT2D eigenvalue weighted by Crippen LogP contribution is 2.28. The summed E-state index contributed by atoms with van der Waals surface area (Å²) in [7, 11) is 0. The quantitative estimate of drug-likeness (QED) is 0.744. The zero-order valence-corrected chi connectivity index (χ0v) is 13.3. The van der Waals surface area contributed by atoms with Crippen LogP contribution < -0.4 is 0 Å². The van der Waals surface area contributed by atoms with Gasteiger partial charge in [-0.05, 0) is 24.6 Å². The Labute approximate surface area is 139 Å². The number of carbonyl (C=O) groups is 1. The lowest BCUT2D eigenvalue weighted by Gasteiger charge is -2.32. The second-order valence-corrected chi connectivity index (χ2v) is 5.90. The second-order valence-electron chi connectivity index (χ2n) is 5.90. The van der Waals surface area contributed by atoms with Gasteiger partial charge in [0.25, 0.3) is 0 Å². The number of benzene rings is 1. The summed E-state index contributed by atoms with van der Waals surface area (Å²) in [4.78, 5) is 18.7. The van der Waals surface area contributed by atoms with E-state index in [9.17, 15) is 4.79 Å². The number of carbonyl (C=O) groups excluding carboxylic acids is 1. The van der Waals surface area contributed by atoms with E-state index in [1.807, 2.05) is 58.9 Å². The normalized spacial score (nSPS) is 17.0. The lowest BCUT2D eigenvalue weighted by atomic mass is 10.1. The summed E-state index contributed by atoms with van der Waals surface area (Å²) >= 11 is 0. The van der Waals surface area contributed by atoms with E-state index < -0.39 is 0 Å². The third-order valence-corrected chi connectivity index (χ3v) is 4.31. The molecule has 1 amide bonds. The van der Waals surface area contributed by atoms with Crippen molar-refractivity contribution in [3.63, 3.8) is 0 Å². The Kier molecular flexibility index (Phi) is 3.57. The molecule has 0 saturated carbocycles. The molecule has 6 heteroatoms. The molecule has 3 heterocycles. The molecule has 6 nitrogen and oxygen atoms in total. The average molecular weight is 319 g/mol. The van der Waals surface area contributed by atoms with Gasteiger partial charge in [0, 0.05) is 24.5 Å². The Balaban J connectivity index is 1.67. The van der Waals surface area contributed by atoms with Crippen molar-refractivity contribution in [2.75, 3.05) is 0 Å². The highest BCUT2D eigenvalue weighted by molar-refractivity contribution is 5.82. The standard InChI is InChI=1S/C18H17N5O/c1-13-18(24)22(11-14-5-3-2-4-6-14)12-16-20-21-17(23(13)16)15-7-9-19-10-8-15/h2-10,13H,11-12H2,1H3/t13-/m1/s1. The third-order valence-electron chi connectivity index (χ3n) is 4.31. The first-order valence-electron chi connectivity index (χ1n) is 7.91. The molecule has 1 aliphatic rings. The van der Waals surface area contributed by atoms with Gasteiger partial charge in [0.2, 0.25) is 5.91 Å². The van der Waals surface area contributed by atoms with E-state index in [2.05, 4.69) is 15.2 Å². The molecule has 0 saturated heterocycles. The van der Waals surface area contributed by atoms with Crippen molar-refractivity contribution in [2.45, 2.75) is 26.1 Å². The maximum atomic E-state index is 12.8. The first-order chi connectivity index (χ1) is 11.7. The second kappa shape index (κ2) is 5.88. The summed E-state index contributed by atoms with van der Waals surface area (Å²) in [5.74, 6) is 1.61. The number of nitrogens with zero attached hydrogens (tertiary/aromatic N) is 5. The molecule has 2 aromatic heterocycles. The number of aromatic nitrogens is 4. The summed E-state index contributed by atoms with van der Waals surface area (Å²) in [6.45, 7) is 2.95. The van der Waals surface area contributed by atoms with Gasteiger partial charge in [-0.1, -0.05) is 30.3 Å². The molecule has 3 aromatic rings. The van der Waals surface area contributed by atoms with E-state index >= 15 is 0 Å². The molecular weight excluding hydrogens is 302 g/mol. The largest absolute Gasteiger partial charge is 0.329 e. The minimum Gasteiger partial charge on any atom is -0.329 e. The van der Waals surface area contributed by atoms with Crippen LogP contribution in [0, 0.1) is 0 Å². The van der Waals surface area contributed by atoms with Gasteiger partial charge in [0.05, 0.1) is 6.54 Å². The lowest BCUT2D eigenvalue weighted by molar-refractivity contribution is -0.137. The highest BCUT2D eigenvalue weighted by Gasteiger charge is 2.33. The van der Waals surface area contributed by atoms with Crippen LogP contribution in [0.2, 0.25) is 0 Å². The number of hydrogen-bond acceptors (Lipinski definition) is 4. The number of pyridine rings is 1. The van der Waals surface area contributed by atoms with Gasteiger partial charge in [-0.25, -0.2) is 0 Å². The predicted octanol–water partition coefficient (Wildman–Crippen LogP) is 2.44. The van der Waals surface area contributed by atoms with Gasteiger partial charge in [0.1, 0.15) is 6.04 Å². The van der Waals surface area contributed by atoms with Crippen LogP contribution in [-0.2, 0) is 17.9 Å². The van der Waals surface area contributed by atoms with E-state index in [0.29, 0.717) is 18.9 Å². The number of hydrogen-bond donors (Lipinski definition) is 0. The first-order valence-corrected chi connectivity index (χ1v) is 7.91. The number of amides is 1. The van der Waals surface area contributed by atoms with Gasteiger partial charge in [-0.3, -0.25) is 14.3 Å². The van der Waals surface area contributed by atoms with Crippen molar-refractivity contribution in [1.29, 1.82) is 0 Å². The minimum atomic E-state index is -0.323. The summed E-state index contributed by atoms with van der Waals surface area (Å²) in [6.07, 6.45) is 3.43. The molecule has 1 atom stereocenters. The van der Waals surface area contributed by atoms with Crippen molar-refractivity contribution in [3.8, 4) is 11.4 Å². The maximum Gasteiger partial charge on any atom is 0.246 e. The fourth-order valence-corrected chi connectivity index (χ4v) is 3.10. The molecule has 120 valence electrons. The summed E-state index contributed by atoms with van der Waals surface area (Å²) in [5, 5.41) is 8.61. The van der Waals surface area contributed by atoms with Crippen molar-refractivity contribution in [3.05, 3.63) is 66.2 Å². The molecular formula is C18H17N5O. The van der Waals surface area contributed by atoms with Gasteiger partial charge in [-0.15, -0.1) is 10.2 Å². The smallest absolute Gasteiger partial charge is 0.246 e. The van der Waals surface area contributed by atoms with E-state index in [0.717, 1.165) is 17.0 Å². The SMILES string of the molecule is C[C@@H]1C(=O)N(Cc2ccccc2)Cc2nnc(-c3ccncc3)n21. The number of fused-ring (bicyclic) bond motifs is 1. The monoisotopic (exact) mass is 319 g/mol. The van der Waals surface area contributed by atoms with E-state index in [1.54, 1.807) is 12.4 Å². The van der Waals surface area contributed by atoms with Crippen molar-refractivity contribution in [2.24, 2.45) is 0 Å². The Bertz CT molecular complexity index is 860. The van der Waals surface area contributed by atoms with Crippen LogP contribution in [-0.4, -0.2) is 30.6 Å². The summed E-state index contributed by atoms with van der Waals surface area (Å²) in [5.41, 5.74) is 2.03. The first kappa shape index (κ1) is 14.6. The molecule has 0 unspecified atom stereocenters. The Morgan fingerprint density at radius 3 is 2.58 bits per heavy atom. The predicted molar refractivity (Wildman–Crippen MR) is 88.7 cm³/mol. The molecule has 24 heavy (non-hydrogen) atoms. The van der Waals surface area contributed by atoms with Crippen molar-refractivity contribution < 1.29 is 4.79 Å². The zero-order chi connectivity index (χ0) is 16.5. The summed E-state index contributed by atoms with van der Waals surface area (Å²) in [6, 6.07) is 13.4. The third kappa shape index (κ3) is 2.46. The maximum absolute atomic E-state index is 12.8. The minimum absolute atomic E-state index is 0.0847. The molecule has 0 aliphatic carbocycles. The van der Waals surface area contributed by atoms with E-state index in [4.69, 9.17) is 0 Å². The van der Waals surface area contributed by atoms with Gasteiger partial charge >= 0.3 is 0 Å². The molecule has 1 aromatic carbocycles. The fourth-order valence-electron chi connectivity index (χ4n) is 3.10. The van der Waals surface area contributed by atoms with Gasteiger partial charge in [0.15, 0.2) is 11.6 Å².